The van der Waals surface area contributed by atoms with Crippen LogP contribution < -0.4 is 5.32 Å². The van der Waals surface area contributed by atoms with Gasteiger partial charge in [-0.05, 0) is 47.1 Å². The summed E-state index contributed by atoms with van der Waals surface area (Å²) in [4.78, 5) is 4.23. The average Bonchev–Trinajstić information content (AvgIpc) is 2.24. The third kappa shape index (κ3) is 2.36. The van der Waals surface area contributed by atoms with Crippen molar-refractivity contribution in [2.75, 3.05) is 5.32 Å². The molecule has 2 rings (SSSR count). The third-order valence-electron chi connectivity index (χ3n) is 2.15. The molecule has 0 atom stereocenters. The molecule has 1 aromatic heterocycles. The summed E-state index contributed by atoms with van der Waals surface area (Å²) in [5.74, 6) is 0. The van der Waals surface area contributed by atoms with Crippen LogP contribution in [0.1, 0.15) is 5.69 Å². The van der Waals surface area contributed by atoms with Gasteiger partial charge in [-0.1, -0.05) is 12.1 Å². The van der Waals surface area contributed by atoms with Crippen LogP contribution in [0.4, 0.5) is 11.4 Å². The van der Waals surface area contributed by atoms with Gasteiger partial charge in [0.25, 0.3) is 0 Å². The second kappa shape index (κ2) is 4.45. The van der Waals surface area contributed by atoms with Crippen molar-refractivity contribution >= 4 is 27.3 Å². The Morgan fingerprint density at radius 2 is 1.80 bits per heavy atom. The number of halogens is 1. The minimum absolute atomic E-state index is 0.994. The first-order chi connectivity index (χ1) is 7.27. The van der Waals surface area contributed by atoms with Gasteiger partial charge >= 0.3 is 0 Å². The summed E-state index contributed by atoms with van der Waals surface area (Å²) >= 11 is 3.50. The van der Waals surface area contributed by atoms with E-state index in [1.807, 2.05) is 43.3 Å². The Hall–Kier alpha value is -1.35. The fraction of sp³-hybridized carbons (Fsp3) is 0.0833. The van der Waals surface area contributed by atoms with E-state index in [2.05, 4.69) is 26.2 Å². The number of aromatic nitrogens is 1. The maximum Gasteiger partial charge on any atom is 0.0607 e. The van der Waals surface area contributed by atoms with E-state index < -0.39 is 0 Å². The molecule has 3 heteroatoms. The van der Waals surface area contributed by atoms with E-state index >= 15 is 0 Å². The molecular weight excluding hydrogens is 252 g/mol. The van der Waals surface area contributed by atoms with Crippen molar-refractivity contribution in [2.24, 2.45) is 0 Å². The van der Waals surface area contributed by atoms with Gasteiger partial charge < -0.3 is 5.32 Å². The largest absolute Gasteiger partial charge is 0.353 e. The highest BCUT2D eigenvalue weighted by atomic mass is 79.9. The van der Waals surface area contributed by atoms with Crippen molar-refractivity contribution < 1.29 is 0 Å². The number of nitrogens with zero attached hydrogens (tertiary/aromatic N) is 1. The van der Waals surface area contributed by atoms with Gasteiger partial charge in [0.2, 0.25) is 0 Å². The van der Waals surface area contributed by atoms with Crippen molar-refractivity contribution in [2.45, 2.75) is 6.92 Å². The minimum Gasteiger partial charge on any atom is -0.353 e. The number of para-hydroxylation sites is 1. The van der Waals surface area contributed by atoms with Gasteiger partial charge in [0.15, 0.2) is 0 Å². The molecule has 0 amide bonds. The molecule has 0 aliphatic heterocycles. The summed E-state index contributed by atoms with van der Waals surface area (Å²) in [7, 11) is 0. The molecule has 76 valence electrons. The van der Waals surface area contributed by atoms with E-state index in [1.165, 1.54) is 0 Å². The summed E-state index contributed by atoms with van der Waals surface area (Å²) in [5.41, 5.74) is 3.08. The SMILES string of the molecule is Cc1ncccc1Nc1ccccc1Br. The number of anilines is 2. The summed E-state index contributed by atoms with van der Waals surface area (Å²) in [5, 5.41) is 3.33. The van der Waals surface area contributed by atoms with Crippen LogP contribution in [0.3, 0.4) is 0 Å². The Bertz CT molecular complexity index is 425. The summed E-state index contributed by atoms with van der Waals surface area (Å²) in [6.45, 7) is 1.99. The molecule has 0 saturated heterocycles. The molecule has 0 fully saturated rings. The Labute approximate surface area is 97.5 Å². The lowest BCUT2D eigenvalue weighted by atomic mass is 10.2. The summed E-state index contributed by atoms with van der Waals surface area (Å²) in [6, 6.07) is 12.0. The number of nitrogens with one attached hydrogen (secondary N) is 1. The number of benzene rings is 1. The van der Waals surface area contributed by atoms with Gasteiger partial charge in [0.1, 0.15) is 0 Å². The van der Waals surface area contributed by atoms with Crippen molar-refractivity contribution in [3.05, 3.63) is 52.8 Å². The highest BCUT2D eigenvalue weighted by Crippen LogP contribution is 2.25. The molecule has 0 saturated carbocycles. The monoisotopic (exact) mass is 262 g/mol. The minimum atomic E-state index is 0.994. The molecule has 0 aliphatic rings. The van der Waals surface area contributed by atoms with Crippen LogP contribution in [-0.2, 0) is 0 Å². The van der Waals surface area contributed by atoms with Gasteiger partial charge in [-0.3, -0.25) is 4.98 Å². The topological polar surface area (TPSA) is 24.9 Å². The zero-order valence-electron chi connectivity index (χ0n) is 8.37. The van der Waals surface area contributed by atoms with Crippen LogP contribution in [-0.4, -0.2) is 4.98 Å². The van der Waals surface area contributed by atoms with Crippen molar-refractivity contribution in [1.29, 1.82) is 0 Å². The molecule has 1 N–H and O–H groups in total. The maximum absolute atomic E-state index is 4.23. The zero-order valence-corrected chi connectivity index (χ0v) is 9.95. The van der Waals surface area contributed by atoms with Crippen molar-refractivity contribution in [3.8, 4) is 0 Å². The van der Waals surface area contributed by atoms with Crippen molar-refractivity contribution in [3.63, 3.8) is 0 Å². The lowest BCUT2D eigenvalue weighted by Crippen LogP contribution is -1.94. The number of aryl methyl sites for hydroxylation is 1. The second-order valence-corrected chi connectivity index (χ2v) is 4.10. The molecule has 0 bridgehead atoms. The fourth-order valence-electron chi connectivity index (χ4n) is 1.32. The predicted molar refractivity (Wildman–Crippen MR) is 66.4 cm³/mol. The molecule has 2 aromatic rings. The standard InChI is InChI=1S/C12H11BrN2/c1-9-11(7-4-8-14-9)15-12-6-3-2-5-10(12)13/h2-8,15H,1H3. The Morgan fingerprint density at radius 3 is 2.53 bits per heavy atom. The fourth-order valence-corrected chi connectivity index (χ4v) is 1.71. The van der Waals surface area contributed by atoms with Gasteiger partial charge in [0.05, 0.1) is 17.1 Å². The highest BCUT2D eigenvalue weighted by Gasteiger charge is 2.01. The highest BCUT2D eigenvalue weighted by molar-refractivity contribution is 9.10. The van der Waals surface area contributed by atoms with E-state index in [4.69, 9.17) is 0 Å². The number of rotatable bonds is 2. The van der Waals surface area contributed by atoms with Crippen LogP contribution in [0.5, 0.6) is 0 Å². The van der Waals surface area contributed by atoms with E-state index in [0.29, 0.717) is 0 Å². The smallest absolute Gasteiger partial charge is 0.0607 e. The first-order valence-electron chi connectivity index (χ1n) is 4.70. The van der Waals surface area contributed by atoms with Crippen LogP contribution in [0.25, 0.3) is 0 Å². The molecule has 0 aliphatic carbocycles. The van der Waals surface area contributed by atoms with E-state index in [1.54, 1.807) is 6.20 Å². The van der Waals surface area contributed by atoms with Gasteiger partial charge in [-0.15, -0.1) is 0 Å². The van der Waals surface area contributed by atoms with Gasteiger partial charge in [-0.25, -0.2) is 0 Å². The summed E-state index contributed by atoms with van der Waals surface area (Å²) in [6.07, 6.45) is 1.79. The molecule has 1 heterocycles. The number of hydrogen-bond acceptors (Lipinski definition) is 2. The molecular formula is C12H11BrN2. The van der Waals surface area contributed by atoms with E-state index in [0.717, 1.165) is 21.5 Å². The van der Waals surface area contributed by atoms with Crippen molar-refractivity contribution in [1.82, 2.24) is 4.98 Å². The average molecular weight is 263 g/mol. The molecule has 0 radical (unpaired) electrons. The molecule has 1 aromatic carbocycles. The zero-order chi connectivity index (χ0) is 10.7. The third-order valence-corrected chi connectivity index (χ3v) is 2.84. The first kappa shape index (κ1) is 10.2. The maximum atomic E-state index is 4.23. The molecule has 0 unspecified atom stereocenters. The molecule has 2 nitrogen and oxygen atoms in total. The van der Waals surface area contributed by atoms with Crippen LogP contribution in [0, 0.1) is 6.92 Å². The number of hydrogen-bond donors (Lipinski definition) is 1. The first-order valence-corrected chi connectivity index (χ1v) is 5.50. The van der Waals surface area contributed by atoms with Crippen LogP contribution in [0.15, 0.2) is 47.1 Å². The quantitative estimate of drug-likeness (QED) is 0.888. The Balaban J connectivity index is 2.30. The van der Waals surface area contributed by atoms with Gasteiger partial charge in [0, 0.05) is 10.7 Å². The van der Waals surface area contributed by atoms with Crippen LogP contribution >= 0.6 is 15.9 Å². The van der Waals surface area contributed by atoms with Crippen LogP contribution in [0.2, 0.25) is 0 Å². The summed E-state index contributed by atoms with van der Waals surface area (Å²) < 4.78 is 1.05. The van der Waals surface area contributed by atoms with E-state index in [-0.39, 0.29) is 0 Å². The Morgan fingerprint density at radius 1 is 1.07 bits per heavy atom. The van der Waals surface area contributed by atoms with Gasteiger partial charge in [-0.2, -0.15) is 0 Å². The lowest BCUT2D eigenvalue weighted by molar-refractivity contribution is 1.20. The normalized spacial score (nSPS) is 10.0. The molecule has 15 heavy (non-hydrogen) atoms. The second-order valence-electron chi connectivity index (χ2n) is 3.24. The number of pyridine rings is 1. The van der Waals surface area contributed by atoms with E-state index in [9.17, 15) is 0 Å². The lowest BCUT2D eigenvalue weighted by Gasteiger charge is -2.09. The molecule has 0 spiro atoms. The predicted octanol–water partition coefficient (Wildman–Crippen LogP) is 3.90. The Kier molecular flexibility index (Phi) is 3.02.